The number of hydrogen-bond donors (Lipinski definition) is 1. The van der Waals surface area contributed by atoms with Crippen molar-refractivity contribution >= 4 is 5.91 Å². The average molecular weight is 233 g/mol. The van der Waals surface area contributed by atoms with Crippen molar-refractivity contribution in [2.75, 3.05) is 0 Å². The molecule has 2 heteroatoms. The van der Waals surface area contributed by atoms with Gasteiger partial charge in [-0.25, -0.2) is 0 Å². The first-order chi connectivity index (χ1) is 7.89. The van der Waals surface area contributed by atoms with Gasteiger partial charge in [-0.15, -0.1) is 0 Å². The van der Waals surface area contributed by atoms with Gasteiger partial charge in [0.1, 0.15) is 0 Å². The second-order valence-corrected chi connectivity index (χ2v) is 5.65. The average Bonchev–Trinajstić information content (AvgIpc) is 2.26. The van der Waals surface area contributed by atoms with Crippen LogP contribution in [0.15, 0.2) is 30.3 Å². The van der Waals surface area contributed by atoms with Crippen LogP contribution in [0.4, 0.5) is 0 Å². The van der Waals surface area contributed by atoms with Crippen molar-refractivity contribution in [1.82, 2.24) is 5.32 Å². The number of aryl methyl sites for hydroxylation is 1. The Morgan fingerprint density at radius 2 is 1.82 bits per heavy atom. The molecule has 2 nitrogen and oxygen atoms in total. The molecule has 17 heavy (non-hydrogen) atoms. The molecule has 0 aliphatic carbocycles. The van der Waals surface area contributed by atoms with Crippen LogP contribution in [0.2, 0.25) is 0 Å². The van der Waals surface area contributed by atoms with Gasteiger partial charge in [-0.3, -0.25) is 4.79 Å². The Hall–Kier alpha value is -1.31. The summed E-state index contributed by atoms with van der Waals surface area (Å²) in [6.07, 6.45) is 1.98. The van der Waals surface area contributed by atoms with Gasteiger partial charge in [0.15, 0.2) is 0 Å². The van der Waals surface area contributed by atoms with Crippen molar-refractivity contribution < 1.29 is 4.79 Å². The molecular formula is C15H23NO. The standard InChI is InChI=1S/C15H23NO/c1-12(16-14(17)15(2,3)4)10-11-13-8-6-5-7-9-13/h5-9,12H,10-11H2,1-4H3,(H,16,17). The quantitative estimate of drug-likeness (QED) is 0.850. The molecule has 0 saturated carbocycles. The van der Waals surface area contributed by atoms with Crippen LogP contribution in [0, 0.1) is 5.41 Å². The van der Waals surface area contributed by atoms with Crippen LogP contribution in [0.5, 0.6) is 0 Å². The molecule has 1 rings (SSSR count). The Morgan fingerprint density at radius 1 is 1.24 bits per heavy atom. The number of carbonyl (C=O) groups excluding carboxylic acids is 1. The largest absolute Gasteiger partial charge is 0.353 e. The number of amides is 1. The fraction of sp³-hybridized carbons (Fsp3) is 0.533. The highest BCUT2D eigenvalue weighted by Gasteiger charge is 2.22. The summed E-state index contributed by atoms with van der Waals surface area (Å²) in [5, 5.41) is 3.05. The van der Waals surface area contributed by atoms with Crippen LogP contribution in [0.1, 0.15) is 39.7 Å². The summed E-state index contributed by atoms with van der Waals surface area (Å²) in [6, 6.07) is 10.6. The zero-order valence-electron chi connectivity index (χ0n) is 11.3. The summed E-state index contributed by atoms with van der Waals surface area (Å²) < 4.78 is 0. The molecule has 0 bridgehead atoms. The lowest BCUT2D eigenvalue weighted by molar-refractivity contribution is -0.129. The predicted octanol–water partition coefficient (Wildman–Crippen LogP) is 3.17. The maximum atomic E-state index is 11.8. The summed E-state index contributed by atoms with van der Waals surface area (Å²) >= 11 is 0. The van der Waals surface area contributed by atoms with E-state index in [1.54, 1.807) is 0 Å². The van der Waals surface area contributed by atoms with Gasteiger partial charge in [-0.2, -0.15) is 0 Å². The van der Waals surface area contributed by atoms with Crippen molar-refractivity contribution in [2.45, 2.75) is 46.6 Å². The van der Waals surface area contributed by atoms with E-state index in [1.165, 1.54) is 5.56 Å². The molecule has 0 heterocycles. The molecule has 0 saturated heterocycles. The van der Waals surface area contributed by atoms with Crippen molar-refractivity contribution in [1.29, 1.82) is 0 Å². The molecule has 0 radical (unpaired) electrons. The highest BCUT2D eigenvalue weighted by atomic mass is 16.2. The summed E-state index contributed by atoms with van der Waals surface area (Å²) in [7, 11) is 0. The van der Waals surface area contributed by atoms with E-state index in [9.17, 15) is 4.79 Å². The normalized spacial score (nSPS) is 13.2. The van der Waals surface area contributed by atoms with E-state index in [0.29, 0.717) is 0 Å². The topological polar surface area (TPSA) is 29.1 Å². The van der Waals surface area contributed by atoms with Crippen LogP contribution in [0.3, 0.4) is 0 Å². The first-order valence-corrected chi connectivity index (χ1v) is 6.24. The van der Waals surface area contributed by atoms with Gasteiger partial charge in [0.25, 0.3) is 0 Å². The Morgan fingerprint density at radius 3 is 2.35 bits per heavy atom. The van der Waals surface area contributed by atoms with Crippen molar-refractivity contribution in [2.24, 2.45) is 5.41 Å². The van der Waals surface area contributed by atoms with E-state index in [-0.39, 0.29) is 17.4 Å². The van der Waals surface area contributed by atoms with E-state index < -0.39 is 0 Å². The van der Waals surface area contributed by atoms with Gasteiger partial charge in [0.05, 0.1) is 0 Å². The Labute approximate surface area is 104 Å². The van der Waals surface area contributed by atoms with Crippen LogP contribution in [0.25, 0.3) is 0 Å². The van der Waals surface area contributed by atoms with Crippen molar-refractivity contribution in [3.63, 3.8) is 0 Å². The molecular weight excluding hydrogens is 210 g/mol. The lowest BCUT2D eigenvalue weighted by Crippen LogP contribution is -2.40. The molecule has 0 aliphatic heterocycles. The van der Waals surface area contributed by atoms with Gasteiger partial charge in [-0.1, -0.05) is 51.1 Å². The third-order valence-corrected chi connectivity index (χ3v) is 2.77. The first-order valence-electron chi connectivity index (χ1n) is 6.24. The molecule has 94 valence electrons. The Balaban J connectivity index is 2.36. The van der Waals surface area contributed by atoms with Gasteiger partial charge in [-0.05, 0) is 25.3 Å². The van der Waals surface area contributed by atoms with E-state index in [4.69, 9.17) is 0 Å². The molecule has 1 atom stereocenters. The minimum Gasteiger partial charge on any atom is -0.353 e. The van der Waals surface area contributed by atoms with Crippen molar-refractivity contribution in [3.05, 3.63) is 35.9 Å². The minimum atomic E-state index is -0.305. The summed E-state index contributed by atoms with van der Waals surface area (Å²) in [6.45, 7) is 7.87. The number of hydrogen-bond acceptors (Lipinski definition) is 1. The molecule has 1 aromatic rings. The Kier molecular flexibility index (Phi) is 4.73. The third kappa shape index (κ3) is 5.03. The zero-order valence-corrected chi connectivity index (χ0v) is 11.3. The van der Waals surface area contributed by atoms with Crippen LogP contribution in [-0.2, 0) is 11.2 Å². The number of carbonyl (C=O) groups is 1. The number of rotatable bonds is 4. The smallest absolute Gasteiger partial charge is 0.225 e. The van der Waals surface area contributed by atoms with Crippen LogP contribution >= 0.6 is 0 Å². The lowest BCUT2D eigenvalue weighted by atomic mass is 9.95. The second-order valence-electron chi connectivity index (χ2n) is 5.65. The minimum absolute atomic E-state index is 0.123. The molecule has 0 spiro atoms. The maximum absolute atomic E-state index is 11.8. The molecule has 0 aromatic heterocycles. The van der Waals surface area contributed by atoms with Crippen LogP contribution < -0.4 is 5.32 Å². The molecule has 1 aromatic carbocycles. The molecule has 1 N–H and O–H groups in total. The molecule has 1 unspecified atom stereocenters. The van der Waals surface area contributed by atoms with E-state index >= 15 is 0 Å². The van der Waals surface area contributed by atoms with Gasteiger partial charge in [0.2, 0.25) is 5.91 Å². The third-order valence-electron chi connectivity index (χ3n) is 2.77. The number of benzene rings is 1. The van der Waals surface area contributed by atoms with Crippen molar-refractivity contribution in [3.8, 4) is 0 Å². The Bertz CT molecular complexity index is 351. The second kappa shape index (κ2) is 5.85. The van der Waals surface area contributed by atoms with Crippen LogP contribution in [-0.4, -0.2) is 11.9 Å². The van der Waals surface area contributed by atoms with Gasteiger partial charge < -0.3 is 5.32 Å². The maximum Gasteiger partial charge on any atom is 0.225 e. The summed E-state index contributed by atoms with van der Waals surface area (Å²) in [5.74, 6) is 0.123. The number of nitrogens with one attached hydrogen (secondary N) is 1. The van der Waals surface area contributed by atoms with E-state index in [0.717, 1.165) is 12.8 Å². The first kappa shape index (κ1) is 13.8. The van der Waals surface area contributed by atoms with Gasteiger partial charge >= 0.3 is 0 Å². The lowest BCUT2D eigenvalue weighted by Gasteiger charge is -2.21. The fourth-order valence-electron chi connectivity index (χ4n) is 1.54. The predicted molar refractivity (Wildman–Crippen MR) is 71.8 cm³/mol. The zero-order chi connectivity index (χ0) is 12.9. The fourth-order valence-corrected chi connectivity index (χ4v) is 1.54. The molecule has 0 fully saturated rings. The molecule has 1 amide bonds. The summed E-state index contributed by atoms with van der Waals surface area (Å²) in [5.41, 5.74) is 1.02. The molecule has 0 aliphatic rings. The SMILES string of the molecule is CC(CCc1ccccc1)NC(=O)C(C)(C)C. The summed E-state index contributed by atoms with van der Waals surface area (Å²) in [4.78, 5) is 11.8. The highest BCUT2D eigenvalue weighted by Crippen LogP contribution is 2.13. The van der Waals surface area contributed by atoms with E-state index in [1.807, 2.05) is 39.0 Å². The monoisotopic (exact) mass is 233 g/mol. The van der Waals surface area contributed by atoms with E-state index in [2.05, 4.69) is 24.4 Å². The van der Waals surface area contributed by atoms with Gasteiger partial charge in [0, 0.05) is 11.5 Å². The highest BCUT2D eigenvalue weighted by molar-refractivity contribution is 5.81.